The molecule has 0 saturated carbocycles. The molecule has 7 heteroatoms. The highest BCUT2D eigenvalue weighted by atomic mass is 32.1. The summed E-state index contributed by atoms with van der Waals surface area (Å²) >= 11 is 1.29. The third-order valence-electron chi connectivity index (χ3n) is 3.14. The normalized spacial score (nSPS) is 10.1. The number of carbonyl (C=O) groups excluding carboxylic acids is 2. The van der Waals surface area contributed by atoms with Crippen molar-refractivity contribution in [2.75, 3.05) is 26.6 Å². The third-order valence-corrected chi connectivity index (χ3v) is 4.11. The highest BCUT2D eigenvalue weighted by Crippen LogP contribution is 2.32. The molecule has 1 aromatic heterocycles. The van der Waals surface area contributed by atoms with Crippen LogP contribution in [0.25, 0.3) is 0 Å². The van der Waals surface area contributed by atoms with Crippen LogP contribution in [0.15, 0.2) is 24.3 Å². The van der Waals surface area contributed by atoms with E-state index >= 15 is 0 Å². The molecular weight excluding hydrogens is 318 g/mol. The Morgan fingerprint density at radius 3 is 2.22 bits per heavy atom. The van der Waals surface area contributed by atoms with Gasteiger partial charge in [0.1, 0.15) is 22.1 Å². The summed E-state index contributed by atoms with van der Waals surface area (Å²) in [5.74, 6) is -0.160. The summed E-state index contributed by atoms with van der Waals surface area (Å²) in [6, 6.07) is 6.73. The Morgan fingerprint density at radius 2 is 1.70 bits per heavy atom. The second-order valence-electron chi connectivity index (χ2n) is 4.58. The van der Waals surface area contributed by atoms with Crippen molar-refractivity contribution in [3.8, 4) is 11.5 Å². The van der Waals surface area contributed by atoms with E-state index in [1.54, 1.807) is 24.3 Å². The minimum absolute atomic E-state index is 0.263. The van der Waals surface area contributed by atoms with Crippen LogP contribution in [0.2, 0.25) is 0 Å². The molecule has 0 fully saturated rings. The second kappa shape index (κ2) is 7.15. The average molecular weight is 335 g/mol. The summed E-state index contributed by atoms with van der Waals surface area (Å²) in [6.45, 7) is 1.84. The van der Waals surface area contributed by atoms with Crippen LogP contribution in [0, 0.1) is 6.92 Å². The van der Waals surface area contributed by atoms with Crippen LogP contribution in [0.4, 0.5) is 5.00 Å². The number of hydrogen-bond acceptors (Lipinski definition) is 6. The fourth-order valence-corrected chi connectivity index (χ4v) is 3.00. The number of amides is 1. The minimum atomic E-state index is -0.503. The molecule has 0 saturated heterocycles. The smallest absolute Gasteiger partial charge is 0.340 e. The lowest BCUT2D eigenvalue weighted by molar-refractivity contribution is 0.0602. The fourth-order valence-electron chi connectivity index (χ4n) is 2.11. The molecule has 0 radical (unpaired) electrons. The molecule has 2 aromatic rings. The third kappa shape index (κ3) is 3.45. The van der Waals surface area contributed by atoms with Crippen LogP contribution >= 0.6 is 11.3 Å². The van der Waals surface area contributed by atoms with E-state index in [-0.39, 0.29) is 5.56 Å². The number of anilines is 1. The maximum absolute atomic E-state index is 12.6. The number of carbonyl (C=O) groups is 2. The molecule has 1 aromatic carbocycles. The standard InChI is InChI=1S/C16H17NO5S/c1-9-8-10(16(19)22-4)15(23-9)17-14(18)13-11(20-2)6-5-7-12(13)21-3/h5-8H,1-4H3,(H,17,18). The lowest BCUT2D eigenvalue weighted by Gasteiger charge is -2.12. The minimum Gasteiger partial charge on any atom is -0.496 e. The van der Waals surface area contributed by atoms with E-state index in [1.807, 2.05) is 6.92 Å². The predicted octanol–water partition coefficient (Wildman–Crippen LogP) is 3.11. The van der Waals surface area contributed by atoms with Crippen molar-refractivity contribution in [3.63, 3.8) is 0 Å². The number of aryl methyl sites for hydroxylation is 1. The van der Waals surface area contributed by atoms with Gasteiger partial charge in [-0.15, -0.1) is 11.3 Å². The van der Waals surface area contributed by atoms with Gasteiger partial charge in [-0.3, -0.25) is 4.79 Å². The average Bonchev–Trinajstić information content (AvgIpc) is 2.93. The van der Waals surface area contributed by atoms with Gasteiger partial charge < -0.3 is 19.5 Å². The summed E-state index contributed by atoms with van der Waals surface area (Å²) in [5.41, 5.74) is 0.580. The van der Waals surface area contributed by atoms with Gasteiger partial charge in [0.05, 0.1) is 26.9 Å². The van der Waals surface area contributed by atoms with Crippen molar-refractivity contribution < 1.29 is 23.8 Å². The summed E-state index contributed by atoms with van der Waals surface area (Å²) in [4.78, 5) is 25.3. The van der Waals surface area contributed by atoms with Gasteiger partial charge >= 0.3 is 5.97 Å². The van der Waals surface area contributed by atoms with Crippen LogP contribution in [-0.4, -0.2) is 33.2 Å². The zero-order valence-electron chi connectivity index (χ0n) is 13.3. The van der Waals surface area contributed by atoms with Gasteiger partial charge in [-0.05, 0) is 25.1 Å². The number of esters is 1. The first-order valence-corrected chi connectivity index (χ1v) is 7.54. The molecule has 122 valence electrons. The molecule has 6 nitrogen and oxygen atoms in total. The Hall–Kier alpha value is -2.54. The SMILES string of the molecule is COC(=O)c1cc(C)sc1NC(=O)c1c(OC)cccc1OC. The molecular formula is C16H17NO5S. The van der Waals surface area contributed by atoms with Crippen LogP contribution in [0.1, 0.15) is 25.6 Å². The molecule has 0 aliphatic carbocycles. The van der Waals surface area contributed by atoms with Crippen molar-refractivity contribution in [2.45, 2.75) is 6.92 Å². The molecule has 2 rings (SSSR count). The highest BCUT2D eigenvalue weighted by Gasteiger charge is 2.22. The number of rotatable bonds is 5. The summed E-state index contributed by atoms with van der Waals surface area (Å²) in [5, 5.41) is 3.15. The predicted molar refractivity (Wildman–Crippen MR) is 87.9 cm³/mol. The molecule has 0 aliphatic heterocycles. The molecule has 0 aliphatic rings. The molecule has 0 atom stereocenters. The molecule has 1 amide bonds. The summed E-state index contributed by atoms with van der Waals surface area (Å²) < 4.78 is 15.2. The van der Waals surface area contributed by atoms with Crippen molar-refractivity contribution >= 4 is 28.2 Å². The van der Waals surface area contributed by atoms with Gasteiger partial charge in [-0.25, -0.2) is 4.79 Å². The quantitative estimate of drug-likeness (QED) is 0.850. The Bertz CT molecular complexity index is 716. The lowest BCUT2D eigenvalue weighted by Crippen LogP contribution is -2.15. The van der Waals surface area contributed by atoms with E-state index in [4.69, 9.17) is 14.2 Å². The van der Waals surface area contributed by atoms with Gasteiger partial charge in [0, 0.05) is 4.88 Å². The Balaban J connectivity index is 2.39. The maximum Gasteiger partial charge on any atom is 0.340 e. The van der Waals surface area contributed by atoms with Crippen molar-refractivity contribution in [3.05, 3.63) is 40.3 Å². The van der Waals surface area contributed by atoms with Crippen LogP contribution in [0.3, 0.4) is 0 Å². The first-order valence-electron chi connectivity index (χ1n) is 6.72. The van der Waals surface area contributed by atoms with Crippen molar-refractivity contribution in [2.24, 2.45) is 0 Å². The maximum atomic E-state index is 12.6. The van der Waals surface area contributed by atoms with Crippen LogP contribution < -0.4 is 14.8 Å². The monoisotopic (exact) mass is 335 g/mol. The van der Waals surface area contributed by atoms with Gasteiger partial charge in [0.25, 0.3) is 5.91 Å². The van der Waals surface area contributed by atoms with Gasteiger partial charge in [-0.2, -0.15) is 0 Å². The van der Waals surface area contributed by atoms with E-state index in [9.17, 15) is 9.59 Å². The largest absolute Gasteiger partial charge is 0.496 e. The molecule has 1 N–H and O–H groups in total. The van der Waals surface area contributed by atoms with Gasteiger partial charge in [-0.1, -0.05) is 6.07 Å². The Kier molecular flexibility index (Phi) is 5.23. The summed E-state index contributed by atoms with van der Waals surface area (Å²) in [6.07, 6.45) is 0. The van der Waals surface area contributed by atoms with Crippen molar-refractivity contribution in [1.82, 2.24) is 0 Å². The Morgan fingerprint density at radius 1 is 1.09 bits per heavy atom. The van der Waals surface area contributed by atoms with E-state index in [2.05, 4.69) is 5.32 Å². The van der Waals surface area contributed by atoms with E-state index < -0.39 is 11.9 Å². The second-order valence-corrected chi connectivity index (χ2v) is 5.84. The van der Waals surface area contributed by atoms with Gasteiger partial charge in [0.2, 0.25) is 0 Å². The highest BCUT2D eigenvalue weighted by molar-refractivity contribution is 7.16. The van der Waals surface area contributed by atoms with Gasteiger partial charge in [0.15, 0.2) is 0 Å². The first-order chi connectivity index (χ1) is 11.0. The topological polar surface area (TPSA) is 73.9 Å². The number of benzene rings is 1. The zero-order valence-corrected chi connectivity index (χ0v) is 14.1. The number of ether oxygens (including phenoxy) is 3. The van der Waals surface area contributed by atoms with E-state index in [1.165, 1.54) is 32.7 Å². The molecule has 0 spiro atoms. The zero-order chi connectivity index (χ0) is 17.0. The number of nitrogens with one attached hydrogen (secondary N) is 1. The number of thiophene rings is 1. The molecule has 0 bridgehead atoms. The molecule has 0 unspecified atom stereocenters. The lowest BCUT2D eigenvalue weighted by atomic mass is 10.1. The summed E-state index contributed by atoms with van der Waals surface area (Å²) in [7, 11) is 4.24. The first kappa shape index (κ1) is 16.8. The van der Waals surface area contributed by atoms with E-state index in [0.717, 1.165) is 4.88 Å². The fraction of sp³-hybridized carbons (Fsp3) is 0.250. The molecule has 1 heterocycles. The van der Waals surface area contributed by atoms with Crippen LogP contribution in [0.5, 0.6) is 11.5 Å². The van der Waals surface area contributed by atoms with E-state index in [0.29, 0.717) is 22.1 Å². The van der Waals surface area contributed by atoms with Crippen LogP contribution in [-0.2, 0) is 4.74 Å². The Labute approximate surface area is 138 Å². The number of methoxy groups -OCH3 is 3. The van der Waals surface area contributed by atoms with Crippen molar-refractivity contribution in [1.29, 1.82) is 0 Å². The number of hydrogen-bond donors (Lipinski definition) is 1. The molecule has 23 heavy (non-hydrogen) atoms.